The van der Waals surface area contributed by atoms with E-state index in [1.807, 2.05) is 42.6 Å². The van der Waals surface area contributed by atoms with Crippen molar-refractivity contribution in [1.29, 1.82) is 0 Å². The molecule has 3 aromatic rings. The zero-order valence-electron chi connectivity index (χ0n) is 16.8. The number of pyridine rings is 1. The van der Waals surface area contributed by atoms with Gasteiger partial charge in [-0.2, -0.15) is 0 Å². The summed E-state index contributed by atoms with van der Waals surface area (Å²) in [4.78, 5) is 4.50. The maximum absolute atomic E-state index is 6.05. The third-order valence-electron chi connectivity index (χ3n) is 5.26. The Morgan fingerprint density at radius 2 is 1.79 bits per heavy atom. The maximum Gasteiger partial charge on any atom is 0.141 e. The van der Waals surface area contributed by atoms with E-state index in [0.29, 0.717) is 11.4 Å². The standard InChI is InChI=1S/C24H26N4O/c1-16(17-6-4-3-5-7-17)27-21-9-10-22(21)28-19-12-13-26-23(15-19)18-8-11-24(29-2)20(25)14-18/h3-8,11-16,27H,9-10,25H2,1-2H3,(H,26,28)/t16-/m1/s1. The molecule has 1 heterocycles. The summed E-state index contributed by atoms with van der Waals surface area (Å²) in [6.07, 6.45) is 3.92. The average molecular weight is 386 g/mol. The van der Waals surface area contributed by atoms with Crippen molar-refractivity contribution in [3.63, 3.8) is 0 Å². The number of nitrogen functional groups attached to an aromatic ring is 1. The van der Waals surface area contributed by atoms with Gasteiger partial charge in [-0.15, -0.1) is 0 Å². The Kier molecular flexibility index (Phi) is 5.38. The van der Waals surface area contributed by atoms with Crippen LogP contribution in [0.3, 0.4) is 0 Å². The zero-order chi connectivity index (χ0) is 20.2. The van der Waals surface area contributed by atoms with Gasteiger partial charge >= 0.3 is 0 Å². The van der Waals surface area contributed by atoms with Gasteiger partial charge in [0.1, 0.15) is 5.75 Å². The predicted octanol–water partition coefficient (Wildman–Crippen LogP) is 5.11. The summed E-state index contributed by atoms with van der Waals surface area (Å²) in [7, 11) is 1.62. The largest absolute Gasteiger partial charge is 0.495 e. The van der Waals surface area contributed by atoms with Crippen LogP contribution in [0.5, 0.6) is 5.75 Å². The van der Waals surface area contributed by atoms with Gasteiger partial charge in [-0.1, -0.05) is 30.3 Å². The van der Waals surface area contributed by atoms with E-state index in [9.17, 15) is 0 Å². The molecule has 4 N–H and O–H groups in total. The molecule has 5 nitrogen and oxygen atoms in total. The van der Waals surface area contributed by atoms with Crippen LogP contribution in [0.4, 0.5) is 11.4 Å². The highest BCUT2D eigenvalue weighted by Crippen LogP contribution is 2.32. The fourth-order valence-corrected chi connectivity index (χ4v) is 3.49. The van der Waals surface area contributed by atoms with E-state index >= 15 is 0 Å². The van der Waals surface area contributed by atoms with Crippen molar-refractivity contribution < 1.29 is 4.74 Å². The number of methoxy groups -OCH3 is 1. The number of hydrogen-bond donors (Lipinski definition) is 3. The number of benzene rings is 2. The molecule has 148 valence electrons. The van der Waals surface area contributed by atoms with Crippen molar-refractivity contribution in [2.45, 2.75) is 25.8 Å². The highest BCUT2D eigenvalue weighted by Gasteiger charge is 2.19. The van der Waals surface area contributed by atoms with Crippen LogP contribution in [0.15, 0.2) is 78.3 Å². The number of nitrogens with one attached hydrogen (secondary N) is 2. The van der Waals surface area contributed by atoms with Gasteiger partial charge in [-0.3, -0.25) is 4.98 Å². The summed E-state index contributed by atoms with van der Waals surface area (Å²) >= 11 is 0. The third kappa shape index (κ3) is 4.19. The first-order chi connectivity index (χ1) is 14.1. The highest BCUT2D eigenvalue weighted by atomic mass is 16.5. The van der Waals surface area contributed by atoms with E-state index in [1.165, 1.54) is 17.0 Å². The lowest BCUT2D eigenvalue weighted by Gasteiger charge is -2.29. The lowest BCUT2D eigenvalue weighted by molar-refractivity contribution is 0.417. The molecule has 0 amide bonds. The molecule has 0 saturated carbocycles. The van der Waals surface area contributed by atoms with Crippen LogP contribution >= 0.6 is 0 Å². The fourth-order valence-electron chi connectivity index (χ4n) is 3.49. The van der Waals surface area contributed by atoms with Crippen LogP contribution in [0.1, 0.15) is 31.4 Å². The Morgan fingerprint density at radius 1 is 1.00 bits per heavy atom. The molecule has 0 unspecified atom stereocenters. The van der Waals surface area contributed by atoms with Crippen LogP contribution in [-0.4, -0.2) is 12.1 Å². The molecule has 1 atom stereocenters. The van der Waals surface area contributed by atoms with E-state index in [4.69, 9.17) is 10.5 Å². The van der Waals surface area contributed by atoms with E-state index in [0.717, 1.165) is 29.8 Å². The van der Waals surface area contributed by atoms with Gasteiger partial charge in [0.2, 0.25) is 0 Å². The lowest BCUT2D eigenvalue weighted by atomic mass is 9.98. The number of nitrogens with two attached hydrogens (primary N) is 1. The van der Waals surface area contributed by atoms with Gasteiger partial charge in [0.25, 0.3) is 0 Å². The molecule has 2 aromatic carbocycles. The first-order valence-corrected chi connectivity index (χ1v) is 9.84. The SMILES string of the molecule is COc1ccc(-c2cc(NC3=C(N[C@H](C)c4ccccc4)CC3)ccn2)cc1N. The summed E-state index contributed by atoms with van der Waals surface area (Å²) < 4.78 is 5.24. The minimum absolute atomic E-state index is 0.276. The Balaban J connectivity index is 1.49. The lowest BCUT2D eigenvalue weighted by Crippen LogP contribution is -2.27. The molecule has 1 aromatic heterocycles. The summed E-state index contributed by atoms with van der Waals surface area (Å²) in [6.45, 7) is 2.19. The monoisotopic (exact) mass is 386 g/mol. The molecular formula is C24H26N4O. The molecule has 0 saturated heterocycles. The molecule has 4 rings (SSSR count). The fraction of sp³-hybridized carbons (Fsp3) is 0.208. The average Bonchev–Trinajstić information content (AvgIpc) is 2.75. The Hall–Kier alpha value is -3.47. The number of hydrogen-bond acceptors (Lipinski definition) is 5. The number of ether oxygens (including phenoxy) is 1. The molecule has 0 aliphatic heterocycles. The molecule has 0 bridgehead atoms. The Bertz CT molecular complexity index is 1030. The molecule has 0 radical (unpaired) electrons. The molecule has 29 heavy (non-hydrogen) atoms. The van der Waals surface area contributed by atoms with Gasteiger partial charge < -0.3 is 21.1 Å². The second-order valence-corrected chi connectivity index (χ2v) is 7.25. The molecule has 1 aliphatic rings. The number of rotatable bonds is 7. The second kappa shape index (κ2) is 8.27. The molecule has 0 fully saturated rings. The predicted molar refractivity (Wildman–Crippen MR) is 119 cm³/mol. The van der Waals surface area contributed by atoms with Crippen molar-refractivity contribution in [3.8, 4) is 17.0 Å². The van der Waals surface area contributed by atoms with Gasteiger partial charge in [0.15, 0.2) is 0 Å². The van der Waals surface area contributed by atoms with E-state index < -0.39 is 0 Å². The van der Waals surface area contributed by atoms with Gasteiger partial charge in [-0.05, 0) is 55.7 Å². The zero-order valence-corrected chi connectivity index (χ0v) is 16.8. The van der Waals surface area contributed by atoms with Crippen LogP contribution in [0.2, 0.25) is 0 Å². The van der Waals surface area contributed by atoms with Gasteiger partial charge in [0.05, 0.1) is 18.5 Å². The van der Waals surface area contributed by atoms with Crippen molar-refractivity contribution in [3.05, 3.63) is 83.8 Å². The van der Waals surface area contributed by atoms with E-state index in [2.05, 4.69) is 46.8 Å². The summed E-state index contributed by atoms with van der Waals surface area (Å²) in [5.41, 5.74) is 13.3. The Morgan fingerprint density at radius 3 is 2.48 bits per heavy atom. The maximum atomic E-state index is 6.05. The van der Waals surface area contributed by atoms with Crippen molar-refractivity contribution >= 4 is 11.4 Å². The van der Waals surface area contributed by atoms with Crippen LogP contribution in [0.25, 0.3) is 11.3 Å². The summed E-state index contributed by atoms with van der Waals surface area (Å²) in [6, 6.07) is 20.5. The van der Waals surface area contributed by atoms with Gasteiger partial charge in [-0.25, -0.2) is 0 Å². The van der Waals surface area contributed by atoms with Crippen molar-refractivity contribution in [2.75, 3.05) is 18.2 Å². The molecule has 1 aliphatic carbocycles. The normalized spacial score (nSPS) is 14.1. The van der Waals surface area contributed by atoms with Gasteiger partial charge in [0, 0.05) is 34.9 Å². The summed E-state index contributed by atoms with van der Waals surface area (Å²) in [5, 5.41) is 7.19. The first-order valence-electron chi connectivity index (χ1n) is 9.84. The minimum atomic E-state index is 0.276. The minimum Gasteiger partial charge on any atom is -0.495 e. The molecule has 5 heteroatoms. The number of nitrogens with zero attached hydrogens (tertiary/aromatic N) is 1. The number of aromatic nitrogens is 1. The van der Waals surface area contributed by atoms with Crippen LogP contribution in [0, 0.1) is 0 Å². The summed E-state index contributed by atoms with van der Waals surface area (Å²) in [5.74, 6) is 0.672. The van der Waals surface area contributed by atoms with Crippen LogP contribution < -0.4 is 21.1 Å². The van der Waals surface area contributed by atoms with Crippen molar-refractivity contribution in [1.82, 2.24) is 10.3 Å². The number of allylic oxidation sites excluding steroid dienone is 2. The van der Waals surface area contributed by atoms with E-state index in [1.54, 1.807) is 7.11 Å². The molecule has 0 spiro atoms. The highest BCUT2D eigenvalue weighted by molar-refractivity contribution is 5.71. The van der Waals surface area contributed by atoms with E-state index in [-0.39, 0.29) is 6.04 Å². The smallest absolute Gasteiger partial charge is 0.141 e. The Labute approximate surface area is 171 Å². The number of anilines is 2. The third-order valence-corrected chi connectivity index (χ3v) is 5.26. The topological polar surface area (TPSA) is 72.2 Å². The second-order valence-electron chi connectivity index (χ2n) is 7.25. The van der Waals surface area contributed by atoms with Crippen molar-refractivity contribution in [2.24, 2.45) is 0 Å². The quantitative estimate of drug-likeness (QED) is 0.492. The molecular weight excluding hydrogens is 360 g/mol. The van der Waals surface area contributed by atoms with Crippen LogP contribution in [-0.2, 0) is 0 Å². The first kappa shape index (κ1) is 18.9.